The minimum absolute atomic E-state index is 0.0223. The van der Waals surface area contributed by atoms with Crippen molar-refractivity contribution in [2.45, 2.75) is 11.8 Å². The lowest BCUT2D eigenvalue weighted by molar-refractivity contribution is -0.142. The number of likely N-dealkylation sites (tertiary alicyclic amines) is 1. The Hall–Kier alpha value is -2.94. The maximum Gasteiger partial charge on any atom is 0.308 e. The summed E-state index contributed by atoms with van der Waals surface area (Å²) < 4.78 is 27.2. The van der Waals surface area contributed by atoms with Gasteiger partial charge in [0.15, 0.2) is 0 Å². The van der Waals surface area contributed by atoms with Gasteiger partial charge in [0.1, 0.15) is 0 Å². The van der Waals surface area contributed by atoms with Gasteiger partial charge in [0.2, 0.25) is 0 Å². The Balaban J connectivity index is 1.73. The number of hydrogen-bond acceptors (Lipinski definition) is 5. The topological polar surface area (TPSA) is 117 Å². The van der Waals surface area contributed by atoms with Crippen molar-refractivity contribution in [2.24, 2.45) is 11.8 Å². The summed E-state index contributed by atoms with van der Waals surface area (Å²) in [6.45, 7) is 2.31. The van der Waals surface area contributed by atoms with Gasteiger partial charge in [0.25, 0.3) is 15.9 Å². The fourth-order valence-electron chi connectivity index (χ4n) is 3.05. The molecule has 1 aliphatic rings. The van der Waals surface area contributed by atoms with E-state index in [-0.39, 0.29) is 23.3 Å². The molecule has 2 N–H and O–H groups in total. The number of carboxylic acids is 1. The summed E-state index contributed by atoms with van der Waals surface area (Å²) in [6, 6.07) is 8.63. The third-order valence-electron chi connectivity index (χ3n) is 4.56. The Morgan fingerprint density at radius 1 is 1.11 bits per heavy atom. The lowest BCUT2D eigenvalue weighted by atomic mass is 9.99. The summed E-state index contributed by atoms with van der Waals surface area (Å²) in [4.78, 5) is 29.1. The number of nitrogens with zero attached hydrogens (tertiary/aromatic N) is 2. The Morgan fingerprint density at radius 3 is 2.30 bits per heavy atom. The van der Waals surface area contributed by atoms with E-state index < -0.39 is 21.9 Å². The molecule has 0 aliphatic carbocycles. The zero-order valence-electron chi connectivity index (χ0n) is 14.6. The van der Waals surface area contributed by atoms with Gasteiger partial charge in [-0.2, -0.15) is 0 Å². The molecule has 0 radical (unpaired) electrons. The van der Waals surface area contributed by atoms with Gasteiger partial charge < -0.3 is 10.0 Å². The second kappa shape index (κ2) is 7.36. The number of carbonyl (C=O) groups excluding carboxylic acids is 1. The smallest absolute Gasteiger partial charge is 0.308 e. The Morgan fingerprint density at radius 2 is 1.74 bits per heavy atom. The molecule has 0 bridgehead atoms. The number of nitrogens with one attached hydrogen (secondary N) is 1. The van der Waals surface area contributed by atoms with Crippen LogP contribution in [0, 0.1) is 11.8 Å². The summed E-state index contributed by atoms with van der Waals surface area (Å²) in [5.74, 6) is -1.94. The van der Waals surface area contributed by atoms with Crippen LogP contribution in [0.25, 0.3) is 0 Å². The van der Waals surface area contributed by atoms with Gasteiger partial charge in [-0.3, -0.25) is 19.3 Å². The highest BCUT2D eigenvalue weighted by molar-refractivity contribution is 7.92. The summed E-state index contributed by atoms with van der Waals surface area (Å²) in [7, 11) is -3.78. The quantitative estimate of drug-likeness (QED) is 0.803. The van der Waals surface area contributed by atoms with Crippen molar-refractivity contribution >= 4 is 27.6 Å². The largest absolute Gasteiger partial charge is 0.481 e. The van der Waals surface area contributed by atoms with E-state index in [2.05, 4.69) is 9.71 Å². The van der Waals surface area contributed by atoms with Gasteiger partial charge in [-0.05, 0) is 42.3 Å². The highest BCUT2D eigenvalue weighted by Crippen LogP contribution is 2.25. The SMILES string of the molecule is C[C@@H]1CN(C(=O)c2ccc(S(=O)(=O)Nc3ccncc3)cc2)C[C@H]1C(=O)O. The lowest BCUT2D eigenvalue weighted by Gasteiger charge is -2.16. The maximum atomic E-state index is 12.6. The summed E-state index contributed by atoms with van der Waals surface area (Å²) in [5.41, 5.74) is 0.701. The van der Waals surface area contributed by atoms with Crippen LogP contribution in [-0.4, -0.2) is 48.4 Å². The number of benzene rings is 1. The molecule has 1 aromatic carbocycles. The number of sulfonamides is 1. The van der Waals surface area contributed by atoms with Crippen molar-refractivity contribution in [1.29, 1.82) is 0 Å². The first-order valence-corrected chi connectivity index (χ1v) is 9.81. The third-order valence-corrected chi connectivity index (χ3v) is 5.96. The van der Waals surface area contributed by atoms with Crippen LogP contribution in [0.3, 0.4) is 0 Å². The first-order chi connectivity index (χ1) is 12.8. The average Bonchev–Trinajstić information content (AvgIpc) is 3.04. The second-order valence-electron chi connectivity index (χ2n) is 6.50. The minimum atomic E-state index is -3.78. The standard InChI is InChI=1S/C18H19N3O5S/c1-12-10-21(11-16(12)18(23)24)17(22)13-2-4-15(5-3-13)27(25,26)20-14-6-8-19-9-7-14/h2-9,12,16H,10-11H2,1H3,(H,19,20)(H,23,24)/t12-,16-/m1/s1. The number of anilines is 1. The first kappa shape index (κ1) is 18.8. The van der Waals surface area contributed by atoms with E-state index in [1.165, 1.54) is 53.7 Å². The Labute approximate surface area is 156 Å². The maximum absolute atomic E-state index is 12.6. The van der Waals surface area contributed by atoms with Crippen LogP contribution in [0.15, 0.2) is 53.7 Å². The molecule has 8 nitrogen and oxygen atoms in total. The van der Waals surface area contributed by atoms with Gasteiger partial charge in [0, 0.05) is 31.0 Å². The van der Waals surface area contributed by atoms with E-state index in [0.29, 0.717) is 17.8 Å². The molecule has 1 aliphatic heterocycles. The number of amides is 1. The predicted molar refractivity (Wildman–Crippen MR) is 97.7 cm³/mol. The van der Waals surface area contributed by atoms with Crippen molar-refractivity contribution in [3.8, 4) is 0 Å². The molecule has 0 unspecified atom stereocenters. The summed E-state index contributed by atoms with van der Waals surface area (Å²) >= 11 is 0. The van der Waals surface area contributed by atoms with Crippen molar-refractivity contribution < 1.29 is 23.1 Å². The molecule has 9 heteroatoms. The minimum Gasteiger partial charge on any atom is -0.481 e. The van der Waals surface area contributed by atoms with Gasteiger partial charge in [-0.15, -0.1) is 0 Å². The van der Waals surface area contributed by atoms with E-state index in [1.54, 1.807) is 6.92 Å². The van der Waals surface area contributed by atoms with E-state index >= 15 is 0 Å². The lowest BCUT2D eigenvalue weighted by Crippen LogP contribution is -2.30. The van der Waals surface area contributed by atoms with Gasteiger partial charge >= 0.3 is 5.97 Å². The van der Waals surface area contributed by atoms with Crippen LogP contribution in [-0.2, 0) is 14.8 Å². The Kier molecular flexibility index (Phi) is 5.13. The first-order valence-electron chi connectivity index (χ1n) is 8.33. The van der Waals surface area contributed by atoms with Crippen LogP contribution < -0.4 is 4.72 Å². The molecule has 1 aromatic heterocycles. The van der Waals surface area contributed by atoms with Crippen molar-refractivity contribution in [2.75, 3.05) is 17.8 Å². The number of rotatable bonds is 5. The van der Waals surface area contributed by atoms with E-state index in [4.69, 9.17) is 0 Å². The third kappa shape index (κ3) is 4.08. The Bertz CT molecular complexity index is 945. The molecule has 3 rings (SSSR count). The van der Waals surface area contributed by atoms with Crippen LogP contribution >= 0.6 is 0 Å². The van der Waals surface area contributed by atoms with Crippen molar-refractivity contribution in [3.05, 3.63) is 54.4 Å². The average molecular weight is 389 g/mol. The van der Waals surface area contributed by atoms with Crippen LogP contribution in [0.1, 0.15) is 17.3 Å². The molecule has 2 heterocycles. The summed E-state index contributed by atoms with van der Waals surface area (Å²) in [6.07, 6.45) is 2.95. The summed E-state index contributed by atoms with van der Waals surface area (Å²) in [5, 5.41) is 9.19. The van der Waals surface area contributed by atoms with Gasteiger partial charge in [-0.25, -0.2) is 8.42 Å². The van der Waals surface area contributed by atoms with Crippen LogP contribution in [0.4, 0.5) is 5.69 Å². The molecule has 1 amide bonds. The van der Waals surface area contributed by atoms with Crippen LogP contribution in [0.5, 0.6) is 0 Å². The highest BCUT2D eigenvalue weighted by atomic mass is 32.2. The number of pyridine rings is 1. The molecule has 2 aromatic rings. The monoisotopic (exact) mass is 389 g/mol. The highest BCUT2D eigenvalue weighted by Gasteiger charge is 2.37. The second-order valence-corrected chi connectivity index (χ2v) is 8.18. The van der Waals surface area contributed by atoms with E-state index in [9.17, 15) is 23.1 Å². The molecule has 1 fully saturated rings. The zero-order valence-corrected chi connectivity index (χ0v) is 15.4. The molecular formula is C18H19N3O5S. The van der Waals surface area contributed by atoms with Gasteiger partial charge in [0.05, 0.1) is 16.5 Å². The molecular weight excluding hydrogens is 370 g/mol. The molecule has 0 spiro atoms. The molecule has 142 valence electrons. The number of aromatic nitrogens is 1. The van der Waals surface area contributed by atoms with Crippen molar-refractivity contribution in [1.82, 2.24) is 9.88 Å². The number of carboxylic acid groups (broad SMARTS) is 1. The fraction of sp³-hybridized carbons (Fsp3) is 0.278. The zero-order chi connectivity index (χ0) is 19.6. The molecule has 27 heavy (non-hydrogen) atoms. The van der Waals surface area contributed by atoms with Crippen LogP contribution in [0.2, 0.25) is 0 Å². The van der Waals surface area contributed by atoms with Gasteiger partial charge in [-0.1, -0.05) is 6.92 Å². The molecule has 0 saturated carbocycles. The number of hydrogen-bond donors (Lipinski definition) is 2. The van der Waals surface area contributed by atoms with E-state index in [0.717, 1.165) is 0 Å². The van der Waals surface area contributed by atoms with E-state index in [1.807, 2.05) is 0 Å². The number of carbonyl (C=O) groups is 2. The fourth-order valence-corrected chi connectivity index (χ4v) is 4.11. The predicted octanol–water partition coefficient (Wildman–Crippen LogP) is 1.68. The number of aliphatic carboxylic acids is 1. The molecule has 1 saturated heterocycles. The molecule has 2 atom stereocenters. The van der Waals surface area contributed by atoms with Crippen molar-refractivity contribution in [3.63, 3.8) is 0 Å². The normalized spacial score (nSPS) is 19.7.